The van der Waals surface area contributed by atoms with Crippen LogP contribution in [0, 0.1) is 16.0 Å². The summed E-state index contributed by atoms with van der Waals surface area (Å²) in [6.07, 6.45) is 1.13. The summed E-state index contributed by atoms with van der Waals surface area (Å²) in [6, 6.07) is 3.96. The number of hydrogen-bond acceptors (Lipinski definition) is 5. The summed E-state index contributed by atoms with van der Waals surface area (Å²) in [7, 11) is 0. The Morgan fingerprint density at radius 1 is 1.65 bits per heavy atom. The molecule has 17 heavy (non-hydrogen) atoms. The maximum atomic E-state index is 10.6. The third-order valence-electron chi connectivity index (χ3n) is 3.31. The monoisotopic (exact) mass is 255 g/mol. The summed E-state index contributed by atoms with van der Waals surface area (Å²) >= 11 is 1.27. The zero-order valence-electron chi connectivity index (χ0n) is 9.83. The van der Waals surface area contributed by atoms with Crippen molar-refractivity contribution in [3.8, 4) is 0 Å². The fourth-order valence-corrected chi connectivity index (χ4v) is 3.20. The number of hydrogen-bond donors (Lipinski definition) is 1. The molecule has 1 saturated heterocycles. The van der Waals surface area contributed by atoms with E-state index in [0.717, 1.165) is 30.9 Å². The first-order chi connectivity index (χ1) is 8.10. The molecule has 0 amide bonds. The highest BCUT2D eigenvalue weighted by Gasteiger charge is 2.28. The average Bonchev–Trinajstić information content (AvgIpc) is 2.87. The van der Waals surface area contributed by atoms with Gasteiger partial charge in [-0.2, -0.15) is 0 Å². The van der Waals surface area contributed by atoms with Gasteiger partial charge in [-0.25, -0.2) is 0 Å². The Balaban J connectivity index is 1.98. The minimum absolute atomic E-state index is 0.224. The molecule has 2 N–H and O–H groups in total. The summed E-state index contributed by atoms with van der Waals surface area (Å²) in [5.74, 6) is 0.569. The third kappa shape index (κ3) is 2.83. The quantitative estimate of drug-likeness (QED) is 0.658. The fraction of sp³-hybridized carbons (Fsp3) is 0.636. The molecule has 1 aliphatic rings. The van der Waals surface area contributed by atoms with Crippen LogP contribution in [0.25, 0.3) is 0 Å². The van der Waals surface area contributed by atoms with E-state index in [1.807, 2.05) is 6.07 Å². The lowest BCUT2D eigenvalue weighted by Crippen LogP contribution is -2.26. The van der Waals surface area contributed by atoms with Crippen molar-refractivity contribution in [2.24, 2.45) is 11.7 Å². The Hall–Kier alpha value is -0.980. The van der Waals surface area contributed by atoms with Crippen LogP contribution in [0.15, 0.2) is 12.1 Å². The molecule has 94 valence electrons. The molecule has 2 heterocycles. The molecule has 0 radical (unpaired) electrons. The van der Waals surface area contributed by atoms with Crippen LogP contribution in [-0.2, 0) is 6.54 Å². The van der Waals surface area contributed by atoms with Gasteiger partial charge in [0, 0.05) is 30.1 Å². The Morgan fingerprint density at radius 2 is 2.41 bits per heavy atom. The third-order valence-corrected chi connectivity index (χ3v) is 4.33. The van der Waals surface area contributed by atoms with Crippen molar-refractivity contribution in [1.29, 1.82) is 0 Å². The minimum atomic E-state index is -0.329. The van der Waals surface area contributed by atoms with E-state index in [1.165, 1.54) is 11.3 Å². The van der Waals surface area contributed by atoms with E-state index in [-0.39, 0.29) is 9.92 Å². The molecule has 2 atom stereocenters. The Bertz CT molecular complexity index is 407. The summed E-state index contributed by atoms with van der Waals surface area (Å²) in [5.41, 5.74) is 5.68. The van der Waals surface area contributed by atoms with Crippen LogP contribution in [0.2, 0.25) is 0 Å². The Labute approximate surface area is 104 Å². The lowest BCUT2D eigenvalue weighted by atomic mass is 10.1. The standard InChI is InChI=1S/C11H17N3O2S/c1-8-4-9(5-12)6-13(8)7-10-2-3-11(17-10)14(15)16/h2-3,8-9H,4-7,12H2,1H3. The van der Waals surface area contributed by atoms with E-state index in [9.17, 15) is 10.1 Å². The molecule has 0 bridgehead atoms. The van der Waals surface area contributed by atoms with Gasteiger partial charge in [0.2, 0.25) is 0 Å². The zero-order chi connectivity index (χ0) is 12.4. The van der Waals surface area contributed by atoms with Gasteiger partial charge in [0.25, 0.3) is 0 Å². The molecular formula is C11H17N3O2S. The van der Waals surface area contributed by atoms with E-state index in [1.54, 1.807) is 6.07 Å². The summed E-state index contributed by atoms with van der Waals surface area (Å²) in [6.45, 7) is 4.72. The molecule has 6 heteroatoms. The number of nitrogens with two attached hydrogens (primary N) is 1. The minimum Gasteiger partial charge on any atom is -0.330 e. The molecule has 0 saturated carbocycles. The molecule has 0 aliphatic carbocycles. The highest BCUT2D eigenvalue weighted by atomic mass is 32.1. The molecule has 0 spiro atoms. The van der Waals surface area contributed by atoms with E-state index in [0.29, 0.717) is 12.0 Å². The van der Waals surface area contributed by atoms with Crippen molar-refractivity contribution in [2.45, 2.75) is 25.9 Å². The van der Waals surface area contributed by atoms with E-state index in [4.69, 9.17) is 5.73 Å². The van der Waals surface area contributed by atoms with Crippen molar-refractivity contribution in [1.82, 2.24) is 4.90 Å². The number of rotatable bonds is 4. The van der Waals surface area contributed by atoms with Gasteiger partial charge in [0.15, 0.2) is 0 Å². The molecule has 1 aromatic heterocycles. The lowest BCUT2D eigenvalue weighted by Gasteiger charge is -2.19. The smallest absolute Gasteiger partial charge is 0.324 e. The van der Waals surface area contributed by atoms with Gasteiger partial charge >= 0.3 is 5.00 Å². The topological polar surface area (TPSA) is 72.4 Å². The first-order valence-corrected chi connectivity index (χ1v) is 6.59. The second-order valence-corrected chi connectivity index (χ2v) is 5.76. The van der Waals surface area contributed by atoms with Gasteiger partial charge in [0.1, 0.15) is 0 Å². The predicted molar refractivity (Wildman–Crippen MR) is 68.0 cm³/mol. The Kier molecular flexibility index (Phi) is 3.76. The highest BCUT2D eigenvalue weighted by Crippen LogP contribution is 2.29. The van der Waals surface area contributed by atoms with Crippen LogP contribution in [0.4, 0.5) is 5.00 Å². The second kappa shape index (κ2) is 5.12. The molecule has 1 fully saturated rings. The van der Waals surface area contributed by atoms with Gasteiger partial charge in [-0.15, -0.1) is 0 Å². The molecule has 1 aromatic rings. The molecular weight excluding hydrogens is 238 g/mol. The van der Waals surface area contributed by atoms with Crippen LogP contribution >= 0.6 is 11.3 Å². The normalized spacial score (nSPS) is 25.3. The van der Waals surface area contributed by atoms with Crippen molar-refractivity contribution in [3.05, 3.63) is 27.1 Å². The van der Waals surface area contributed by atoms with Crippen molar-refractivity contribution >= 4 is 16.3 Å². The number of likely N-dealkylation sites (tertiary alicyclic amines) is 1. The maximum absolute atomic E-state index is 10.6. The van der Waals surface area contributed by atoms with Crippen molar-refractivity contribution < 1.29 is 4.92 Å². The molecule has 0 aromatic carbocycles. The van der Waals surface area contributed by atoms with Gasteiger partial charge in [-0.3, -0.25) is 15.0 Å². The van der Waals surface area contributed by atoms with Crippen molar-refractivity contribution in [3.63, 3.8) is 0 Å². The molecule has 5 nitrogen and oxygen atoms in total. The lowest BCUT2D eigenvalue weighted by molar-refractivity contribution is -0.380. The van der Waals surface area contributed by atoms with E-state index >= 15 is 0 Å². The van der Waals surface area contributed by atoms with Crippen LogP contribution in [0.1, 0.15) is 18.2 Å². The highest BCUT2D eigenvalue weighted by molar-refractivity contribution is 7.15. The zero-order valence-corrected chi connectivity index (χ0v) is 10.7. The van der Waals surface area contributed by atoms with Gasteiger partial charge < -0.3 is 5.73 Å². The second-order valence-electron chi connectivity index (χ2n) is 4.61. The Morgan fingerprint density at radius 3 is 2.94 bits per heavy atom. The molecule has 2 rings (SSSR count). The predicted octanol–water partition coefficient (Wildman–Crippen LogP) is 1.83. The van der Waals surface area contributed by atoms with Gasteiger partial charge in [0.05, 0.1) is 4.92 Å². The van der Waals surface area contributed by atoms with Crippen LogP contribution in [0.3, 0.4) is 0 Å². The van der Waals surface area contributed by atoms with Crippen LogP contribution < -0.4 is 5.73 Å². The number of nitro groups is 1. The van der Waals surface area contributed by atoms with Gasteiger partial charge in [-0.05, 0) is 31.9 Å². The first kappa shape index (κ1) is 12.5. The molecule has 2 unspecified atom stereocenters. The number of thiophene rings is 1. The maximum Gasteiger partial charge on any atom is 0.324 e. The van der Waals surface area contributed by atoms with E-state index < -0.39 is 0 Å². The summed E-state index contributed by atoms with van der Waals surface area (Å²) in [4.78, 5) is 13.7. The van der Waals surface area contributed by atoms with Gasteiger partial charge in [-0.1, -0.05) is 11.3 Å². The fourth-order valence-electron chi connectivity index (χ4n) is 2.36. The van der Waals surface area contributed by atoms with Crippen molar-refractivity contribution in [2.75, 3.05) is 13.1 Å². The summed E-state index contributed by atoms with van der Waals surface area (Å²) < 4.78 is 0. The van der Waals surface area contributed by atoms with E-state index in [2.05, 4.69) is 11.8 Å². The molecule has 1 aliphatic heterocycles. The first-order valence-electron chi connectivity index (χ1n) is 5.77. The SMILES string of the molecule is CC1CC(CN)CN1Cc1ccc([N+](=O)[O-])s1. The van der Waals surface area contributed by atoms with Crippen LogP contribution in [-0.4, -0.2) is 29.0 Å². The average molecular weight is 255 g/mol. The largest absolute Gasteiger partial charge is 0.330 e. The summed E-state index contributed by atoms with van der Waals surface area (Å²) in [5, 5.41) is 10.8. The number of nitrogens with zero attached hydrogens (tertiary/aromatic N) is 2. The van der Waals surface area contributed by atoms with Crippen LogP contribution in [0.5, 0.6) is 0 Å².